The van der Waals surface area contributed by atoms with E-state index in [0.717, 1.165) is 32.1 Å². The van der Waals surface area contributed by atoms with Gasteiger partial charge in [0, 0.05) is 32.2 Å². The summed E-state index contributed by atoms with van der Waals surface area (Å²) in [6.45, 7) is 9.71. The van der Waals surface area contributed by atoms with Crippen molar-refractivity contribution in [2.24, 2.45) is 16.8 Å². The smallest absolute Gasteiger partial charge is 0.208 e. The third-order valence-electron chi connectivity index (χ3n) is 3.62. The number of rotatable bonds is 2. The quantitative estimate of drug-likeness (QED) is 0.314. The second-order valence-electron chi connectivity index (χ2n) is 5.48. The van der Waals surface area contributed by atoms with Crippen LogP contribution >= 0.6 is 0 Å². The van der Waals surface area contributed by atoms with E-state index in [1.165, 1.54) is 19.4 Å². The minimum atomic E-state index is 0.575. The molecule has 5 heteroatoms. The lowest BCUT2D eigenvalue weighted by Gasteiger charge is -2.38. The molecule has 0 aliphatic carbocycles. The van der Waals surface area contributed by atoms with E-state index in [4.69, 9.17) is 5.84 Å². The standard InChI is InChI=1S/C12H25N5/c1-10(2)8-14-12(15-13)17-7-6-16-5-3-4-11(16)9-17/h10-11H,3-9,13H2,1-2H3,(H,14,15). The number of hydrazine groups is 1. The van der Waals surface area contributed by atoms with Gasteiger partial charge in [-0.05, 0) is 25.3 Å². The Labute approximate surface area is 104 Å². The maximum Gasteiger partial charge on any atom is 0.208 e. The van der Waals surface area contributed by atoms with E-state index in [1.807, 2.05) is 0 Å². The Bertz CT molecular complexity index is 276. The van der Waals surface area contributed by atoms with Gasteiger partial charge in [-0.2, -0.15) is 0 Å². The Morgan fingerprint density at radius 2 is 2.24 bits per heavy atom. The zero-order valence-corrected chi connectivity index (χ0v) is 11.0. The van der Waals surface area contributed by atoms with E-state index in [2.05, 4.69) is 34.1 Å². The molecule has 1 atom stereocenters. The number of hydrogen-bond acceptors (Lipinski definition) is 3. The lowest BCUT2D eigenvalue weighted by atomic mass is 10.1. The van der Waals surface area contributed by atoms with E-state index >= 15 is 0 Å². The van der Waals surface area contributed by atoms with E-state index in [0.29, 0.717) is 12.0 Å². The Morgan fingerprint density at radius 1 is 1.41 bits per heavy atom. The molecule has 2 fully saturated rings. The molecule has 0 bridgehead atoms. The molecule has 0 radical (unpaired) electrons. The fourth-order valence-electron chi connectivity index (χ4n) is 2.69. The van der Waals surface area contributed by atoms with Crippen molar-refractivity contribution in [1.82, 2.24) is 15.2 Å². The van der Waals surface area contributed by atoms with Crippen LogP contribution in [0.4, 0.5) is 0 Å². The van der Waals surface area contributed by atoms with Gasteiger partial charge in [0.2, 0.25) is 5.96 Å². The SMILES string of the molecule is CC(C)CN=C(NN)N1CCN2CCCC2C1. The summed E-state index contributed by atoms with van der Waals surface area (Å²) in [5.74, 6) is 7.03. The van der Waals surface area contributed by atoms with Crippen molar-refractivity contribution >= 4 is 5.96 Å². The van der Waals surface area contributed by atoms with Crippen LogP contribution in [-0.4, -0.2) is 54.5 Å². The minimum Gasteiger partial charge on any atom is -0.339 e. The maximum atomic E-state index is 5.59. The van der Waals surface area contributed by atoms with Crippen LogP contribution in [0, 0.1) is 5.92 Å². The van der Waals surface area contributed by atoms with Gasteiger partial charge in [-0.3, -0.25) is 15.3 Å². The predicted molar refractivity (Wildman–Crippen MR) is 70.6 cm³/mol. The first-order valence-electron chi connectivity index (χ1n) is 6.70. The number of aliphatic imine (C=N–C) groups is 1. The summed E-state index contributed by atoms with van der Waals surface area (Å²) in [6, 6.07) is 0.710. The second-order valence-corrected chi connectivity index (χ2v) is 5.48. The normalized spacial score (nSPS) is 26.5. The van der Waals surface area contributed by atoms with Crippen LogP contribution in [0.25, 0.3) is 0 Å². The molecule has 2 aliphatic rings. The Hall–Kier alpha value is -0.810. The predicted octanol–water partition coefficient (Wildman–Crippen LogP) is 0.242. The topological polar surface area (TPSA) is 56.9 Å². The van der Waals surface area contributed by atoms with Crippen molar-refractivity contribution in [1.29, 1.82) is 0 Å². The number of nitrogens with two attached hydrogens (primary N) is 1. The van der Waals surface area contributed by atoms with Gasteiger partial charge in [0.25, 0.3) is 0 Å². The van der Waals surface area contributed by atoms with Crippen molar-refractivity contribution in [3.8, 4) is 0 Å². The molecule has 0 aromatic carbocycles. The number of nitrogens with one attached hydrogen (secondary N) is 1. The molecule has 2 heterocycles. The molecule has 98 valence electrons. The highest BCUT2D eigenvalue weighted by molar-refractivity contribution is 5.79. The fraction of sp³-hybridized carbons (Fsp3) is 0.917. The highest BCUT2D eigenvalue weighted by Crippen LogP contribution is 2.21. The molecule has 2 aliphatic heterocycles. The lowest BCUT2D eigenvalue weighted by molar-refractivity contribution is 0.148. The van der Waals surface area contributed by atoms with Crippen LogP contribution in [0.15, 0.2) is 4.99 Å². The van der Waals surface area contributed by atoms with E-state index in [9.17, 15) is 0 Å². The second kappa shape index (κ2) is 5.69. The Morgan fingerprint density at radius 3 is 2.94 bits per heavy atom. The maximum absolute atomic E-state index is 5.59. The molecule has 0 spiro atoms. The average Bonchev–Trinajstić information content (AvgIpc) is 2.76. The summed E-state index contributed by atoms with van der Waals surface area (Å²) in [5.41, 5.74) is 2.76. The van der Waals surface area contributed by atoms with Crippen molar-refractivity contribution in [3.05, 3.63) is 0 Å². The van der Waals surface area contributed by atoms with Crippen LogP contribution in [-0.2, 0) is 0 Å². The molecule has 3 N–H and O–H groups in total. The number of piperazine rings is 1. The molecular formula is C12H25N5. The minimum absolute atomic E-state index is 0.575. The summed E-state index contributed by atoms with van der Waals surface area (Å²) < 4.78 is 0. The molecular weight excluding hydrogens is 214 g/mol. The summed E-state index contributed by atoms with van der Waals surface area (Å²) in [5, 5.41) is 0. The van der Waals surface area contributed by atoms with Crippen LogP contribution in [0.3, 0.4) is 0 Å². The van der Waals surface area contributed by atoms with Crippen LogP contribution < -0.4 is 11.3 Å². The number of guanidine groups is 1. The highest BCUT2D eigenvalue weighted by Gasteiger charge is 2.31. The summed E-state index contributed by atoms with van der Waals surface area (Å²) in [6.07, 6.45) is 2.66. The third-order valence-corrected chi connectivity index (χ3v) is 3.62. The van der Waals surface area contributed by atoms with Gasteiger partial charge in [-0.15, -0.1) is 0 Å². The van der Waals surface area contributed by atoms with Gasteiger partial charge < -0.3 is 4.90 Å². The third kappa shape index (κ3) is 3.10. The molecule has 0 saturated carbocycles. The number of hydrogen-bond donors (Lipinski definition) is 2. The van der Waals surface area contributed by atoms with Gasteiger partial charge in [-0.25, -0.2) is 5.84 Å². The monoisotopic (exact) mass is 239 g/mol. The summed E-state index contributed by atoms with van der Waals surface area (Å²) >= 11 is 0. The summed E-state index contributed by atoms with van der Waals surface area (Å²) in [7, 11) is 0. The van der Waals surface area contributed by atoms with Gasteiger partial charge in [0.05, 0.1) is 0 Å². The van der Waals surface area contributed by atoms with Crippen molar-refractivity contribution in [2.45, 2.75) is 32.7 Å². The largest absolute Gasteiger partial charge is 0.339 e. The summed E-state index contributed by atoms with van der Waals surface area (Å²) in [4.78, 5) is 9.46. The van der Waals surface area contributed by atoms with E-state index in [-0.39, 0.29) is 0 Å². The Kier molecular flexibility index (Phi) is 4.23. The first-order chi connectivity index (χ1) is 8.20. The fourth-order valence-corrected chi connectivity index (χ4v) is 2.69. The Balaban J connectivity index is 1.93. The zero-order valence-electron chi connectivity index (χ0n) is 11.0. The number of fused-ring (bicyclic) bond motifs is 1. The van der Waals surface area contributed by atoms with E-state index in [1.54, 1.807) is 0 Å². The van der Waals surface area contributed by atoms with Gasteiger partial charge in [-0.1, -0.05) is 13.8 Å². The zero-order chi connectivity index (χ0) is 12.3. The molecule has 2 saturated heterocycles. The van der Waals surface area contributed by atoms with Crippen molar-refractivity contribution < 1.29 is 0 Å². The van der Waals surface area contributed by atoms with Gasteiger partial charge >= 0.3 is 0 Å². The molecule has 2 rings (SSSR count). The molecule has 0 aromatic heterocycles. The van der Waals surface area contributed by atoms with Crippen molar-refractivity contribution in [2.75, 3.05) is 32.7 Å². The van der Waals surface area contributed by atoms with Crippen LogP contribution in [0.1, 0.15) is 26.7 Å². The van der Waals surface area contributed by atoms with E-state index < -0.39 is 0 Å². The van der Waals surface area contributed by atoms with Gasteiger partial charge in [0.15, 0.2) is 0 Å². The molecule has 17 heavy (non-hydrogen) atoms. The highest BCUT2D eigenvalue weighted by atomic mass is 15.4. The average molecular weight is 239 g/mol. The first-order valence-corrected chi connectivity index (χ1v) is 6.70. The molecule has 0 aromatic rings. The van der Waals surface area contributed by atoms with Gasteiger partial charge in [0.1, 0.15) is 0 Å². The van der Waals surface area contributed by atoms with Crippen molar-refractivity contribution in [3.63, 3.8) is 0 Å². The van der Waals surface area contributed by atoms with Crippen LogP contribution in [0.2, 0.25) is 0 Å². The molecule has 1 unspecified atom stereocenters. The first kappa shape index (κ1) is 12.6. The number of nitrogens with zero attached hydrogens (tertiary/aromatic N) is 3. The van der Waals surface area contributed by atoms with Crippen LogP contribution in [0.5, 0.6) is 0 Å². The molecule has 5 nitrogen and oxygen atoms in total. The lowest BCUT2D eigenvalue weighted by Crippen LogP contribution is -2.56. The molecule has 0 amide bonds.